The van der Waals surface area contributed by atoms with Crippen LogP contribution in [0.4, 0.5) is 11.4 Å². The lowest BCUT2D eigenvalue weighted by Crippen LogP contribution is -2.27. The summed E-state index contributed by atoms with van der Waals surface area (Å²) in [5.41, 5.74) is 12.8. The van der Waals surface area contributed by atoms with Crippen molar-refractivity contribution in [2.75, 3.05) is 23.7 Å². The highest BCUT2D eigenvalue weighted by Crippen LogP contribution is 2.19. The molecule has 50 heavy (non-hydrogen) atoms. The number of aromatic nitrogens is 3. The third-order valence-electron chi connectivity index (χ3n) is 7.74. The van der Waals surface area contributed by atoms with Crippen LogP contribution in [0.25, 0.3) is 0 Å². The fourth-order valence-electron chi connectivity index (χ4n) is 4.91. The number of carbonyl (C=O) groups is 4. The maximum absolute atomic E-state index is 13.1. The minimum Gasteiger partial charge on any atom is -0.388 e. The number of rotatable bonds is 20. The van der Waals surface area contributed by atoms with Crippen molar-refractivity contribution >= 4 is 46.7 Å². The summed E-state index contributed by atoms with van der Waals surface area (Å²) in [6, 6.07) is 6.15. The summed E-state index contributed by atoms with van der Waals surface area (Å²) in [5.74, 6) is -0.607. The molecule has 0 aliphatic carbocycles. The fraction of sp³-hybridized carbons (Fsp3) is 0.457. The molecule has 0 saturated heterocycles. The second kappa shape index (κ2) is 18.9. The van der Waals surface area contributed by atoms with Gasteiger partial charge in [-0.25, -0.2) is 0 Å². The Bertz CT molecular complexity index is 1530. The van der Waals surface area contributed by atoms with Crippen LogP contribution in [0.1, 0.15) is 108 Å². The summed E-state index contributed by atoms with van der Waals surface area (Å²) in [7, 11) is 0. The van der Waals surface area contributed by atoms with Crippen LogP contribution in [-0.4, -0.2) is 62.5 Å². The molecule has 270 valence electrons. The Morgan fingerprint density at radius 1 is 0.720 bits per heavy atom. The number of nitrogens with one attached hydrogen (secondary N) is 6. The Kier molecular flexibility index (Phi) is 14.7. The SMILES string of the molecule is CC(C)CCn1cc(NC(=O)c2ccc(C(=O)Nc3cc(C(=O)NCCCC(=N)N)n(CCC(C)C)c3)nc2)cc1C(=O)NCCCC(=N)N. The molecule has 15 nitrogen and oxygen atoms in total. The van der Waals surface area contributed by atoms with E-state index in [0.29, 0.717) is 86.5 Å². The summed E-state index contributed by atoms with van der Waals surface area (Å²) >= 11 is 0. The summed E-state index contributed by atoms with van der Waals surface area (Å²) in [6.07, 6.45) is 8.26. The van der Waals surface area contributed by atoms with Crippen molar-refractivity contribution < 1.29 is 19.2 Å². The smallest absolute Gasteiger partial charge is 0.274 e. The van der Waals surface area contributed by atoms with Gasteiger partial charge in [-0.3, -0.25) is 35.0 Å². The maximum Gasteiger partial charge on any atom is 0.274 e. The van der Waals surface area contributed by atoms with Gasteiger partial charge in [-0.1, -0.05) is 27.7 Å². The molecule has 0 fully saturated rings. The van der Waals surface area contributed by atoms with Gasteiger partial charge in [0.1, 0.15) is 17.1 Å². The van der Waals surface area contributed by atoms with Crippen molar-refractivity contribution in [3.8, 4) is 0 Å². The zero-order valence-electron chi connectivity index (χ0n) is 29.4. The molecule has 3 aromatic rings. The first-order valence-electron chi connectivity index (χ1n) is 16.9. The first-order valence-corrected chi connectivity index (χ1v) is 16.9. The molecule has 0 bridgehead atoms. The molecule has 0 aromatic carbocycles. The Hall–Kier alpha value is -5.47. The predicted molar refractivity (Wildman–Crippen MR) is 195 cm³/mol. The zero-order valence-corrected chi connectivity index (χ0v) is 29.4. The largest absolute Gasteiger partial charge is 0.388 e. The molecular weight excluding hydrogens is 638 g/mol. The molecule has 0 radical (unpaired) electrons. The van der Waals surface area contributed by atoms with E-state index in [-0.39, 0.29) is 34.7 Å². The van der Waals surface area contributed by atoms with E-state index in [2.05, 4.69) is 53.9 Å². The van der Waals surface area contributed by atoms with Crippen molar-refractivity contribution in [3.63, 3.8) is 0 Å². The van der Waals surface area contributed by atoms with Crippen LogP contribution in [0.5, 0.6) is 0 Å². The van der Waals surface area contributed by atoms with E-state index in [4.69, 9.17) is 22.3 Å². The number of amidine groups is 2. The summed E-state index contributed by atoms with van der Waals surface area (Å²) in [5, 5.41) is 26.0. The summed E-state index contributed by atoms with van der Waals surface area (Å²) < 4.78 is 3.61. The first kappa shape index (κ1) is 39.0. The first-order chi connectivity index (χ1) is 23.7. The van der Waals surface area contributed by atoms with Crippen molar-refractivity contribution in [2.45, 2.75) is 79.3 Å². The van der Waals surface area contributed by atoms with Crippen molar-refractivity contribution in [3.05, 3.63) is 65.5 Å². The van der Waals surface area contributed by atoms with Gasteiger partial charge in [-0.2, -0.15) is 0 Å². The second-order valence-corrected chi connectivity index (χ2v) is 13.1. The molecule has 0 unspecified atom stereocenters. The standard InChI is InChI=1S/C35H51N11O4/c1-22(2)11-15-45-20-25(17-28(45)34(49)40-13-5-7-30(36)37)43-32(47)24-9-10-27(42-19-24)33(48)44-26-18-29(46(21-26)16-12-23(3)4)35(50)41-14-6-8-31(38)39/h9-10,17-23H,5-8,11-16H2,1-4H3,(H3,36,37)(H3,38,39)(H,40,49)(H,41,50)(H,43,47)(H,44,48). The molecule has 4 amide bonds. The maximum atomic E-state index is 13.1. The molecule has 0 aliphatic rings. The van der Waals surface area contributed by atoms with Crippen LogP contribution < -0.4 is 32.7 Å². The molecule has 0 saturated carbocycles. The van der Waals surface area contributed by atoms with Crippen LogP contribution in [0.15, 0.2) is 42.9 Å². The van der Waals surface area contributed by atoms with Gasteiger partial charge in [0.25, 0.3) is 23.6 Å². The minimum atomic E-state index is -0.507. The average molecular weight is 690 g/mol. The quantitative estimate of drug-likeness (QED) is 0.0489. The van der Waals surface area contributed by atoms with Gasteiger partial charge in [0.15, 0.2) is 0 Å². The van der Waals surface area contributed by atoms with Crippen LogP contribution in [-0.2, 0) is 13.1 Å². The molecule has 15 heteroatoms. The third-order valence-corrected chi connectivity index (χ3v) is 7.74. The number of nitrogens with zero attached hydrogens (tertiary/aromatic N) is 3. The second-order valence-electron chi connectivity index (χ2n) is 13.1. The van der Waals surface area contributed by atoms with Gasteiger partial charge in [0.2, 0.25) is 0 Å². The van der Waals surface area contributed by atoms with Crippen LogP contribution >= 0.6 is 0 Å². The van der Waals surface area contributed by atoms with Gasteiger partial charge in [-0.05, 0) is 61.8 Å². The van der Waals surface area contributed by atoms with E-state index in [9.17, 15) is 19.2 Å². The molecule has 0 aliphatic heterocycles. The topological polar surface area (TPSA) is 239 Å². The van der Waals surface area contributed by atoms with Crippen molar-refractivity contribution in [2.24, 2.45) is 23.3 Å². The monoisotopic (exact) mass is 689 g/mol. The van der Waals surface area contributed by atoms with Crippen LogP contribution in [0.2, 0.25) is 0 Å². The van der Waals surface area contributed by atoms with E-state index >= 15 is 0 Å². The number of pyridine rings is 1. The Morgan fingerprint density at radius 3 is 1.58 bits per heavy atom. The van der Waals surface area contributed by atoms with Crippen LogP contribution in [0, 0.1) is 22.7 Å². The number of hydrogen-bond acceptors (Lipinski definition) is 7. The highest BCUT2D eigenvalue weighted by molar-refractivity contribution is 6.07. The van der Waals surface area contributed by atoms with Gasteiger partial charge < -0.3 is 41.9 Å². The highest BCUT2D eigenvalue weighted by Gasteiger charge is 2.19. The van der Waals surface area contributed by atoms with Crippen molar-refractivity contribution in [1.82, 2.24) is 24.8 Å². The van der Waals surface area contributed by atoms with E-state index in [0.717, 1.165) is 12.8 Å². The number of carbonyl (C=O) groups excluding carboxylic acids is 4. The molecule has 3 heterocycles. The lowest BCUT2D eigenvalue weighted by Gasteiger charge is -2.11. The lowest BCUT2D eigenvalue weighted by atomic mass is 10.1. The van der Waals surface area contributed by atoms with E-state index < -0.39 is 11.8 Å². The predicted octanol–water partition coefficient (Wildman–Crippen LogP) is 4.17. The number of nitrogens with two attached hydrogens (primary N) is 2. The van der Waals surface area contributed by atoms with E-state index in [1.807, 2.05) is 0 Å². The Labute approximate surface area is 293 Å². The zero-order chi connectivity index (χ0) is 36.8. The molecule has 10 N–H and O–H groups in total. The summed E-state index contributed by atoms with van der Waals surface area (Å²) in [4.78, 5) is 56.3. The number of anilines is 2. The average Bonchev–Trinajstić information content (AvgIpc) is 3.66. The Balaban J connectivity index is 1.67. The lowest BCUT2D eigenvalue weighted by molar-refractivity contribution is 0.0935. The molecule has 3 rings (SSSR count). The molecule has 0 atom stereocenters. The number of amides is 4. The third kappa shape index (κ3) is 12.5. The van der Waals surface area contributed by atoms with E-state index in [1.165, 1.54) is 18.3 Å². The van der Waals surface area contributed by atoms with Gasteiger partial charge in [-0.15, -0.1) is 0 Å². The minimum absolute atomic E-state index is 0.0636. The number of aryl methyl sites for hydroxylation is 2. The molecule has 3 aromatic heterocycles. The number of hydrogen-bond donors (Lipinski definition) is 8. The van der Waals surface area contributed by atoms with Crippen molar-refractivity contribution in [1.29, 1.82) is 10.8 Å². The van der Waals surface area contributed by atoms with E-state index in [1.54, 1.807) is 33.7 Å². The molecular formula is C35H51N11O4. The fourth-order valence-corrected chi connectivity index (χ4v) is 4.91. The highest BCUT2D eigenvalue weighted by atomic mass is 16.2. The van der Waals surface area contributed by atoms with Gasteiger partial charge in [0.05, 0.1) is 28.6 Å². The van der Waals surface area contributed by atoms with Gasteiger partial charge >= 0.3 is 0 Å². The normalized spacial score (nSPS) is 11.0. The van der Waals surface area contributed by atoms with Gasteiger partial charge in [0, 0.05) is 57.6 Å². The van der Waals surface area contributed by atoms with Crippen LogP contribution in [0.3, 0.4) is 0 Å². The Morgan fingerprint density at radius 2 is 1.18 bits per heavy atom. The summed E-state index contributed by atoms with van der Waals surface area (Å²) in [6.45, 7) is 10.3. The molecule has 0 spiro atoms.